The fourth-order valence-electron chi connectivity index (χ4n) is 17.2. The second kappa shape index (κ2) is 15.7. The summed E-state index contributed by atoms with van der Waals surface area (Å²) in [5, 5.41) is 1.44. The lowest BCUT2D eigenvalue weighted by Crippen LogP contribution is -2.66. The number of para-hydroxylation sites is 2. The number of thiophene rings is 1. The van der Waals surface area contributed by atoms with Gasteiger partial charge in [-0.25, -0.2) is 0 Å². The summed E-state index contributed by atoms with van der Waals surface area (Å²) in [6.45, 7) is 38.2. The summed E-state index contributed by atoms with van der Waals surface area (Å²) in [7, 11) is 0. The second-order valence-corrected chi connectivity index (χ2v) is 30.9. The van der Waals surface area contributed by atoms with Crippen LogP contribution in [0.5, 0.6) is 0 Å². The Bertz CT molecular complexity index is 3500. The van der Waals surface area contributed by atoms with Crippen molar-refractivity contribution in [2.75, 3.05) is 14.7 Å². The van der Waals surface area contributed by atoms with Crippen molar-refractivity contribution in [2.24, 2.45) is 28.1 Å². The number of rotatable bonds is 4. The standard InChI is InChI=1S/C71H82BN3S/c1-42-36-43(65(2,3)4)37-54(42)75-56-39-46(73(44-22-18-16-19-23-44)45-24-20-17-21-25-45)38-55-61(56)72(64-62(75)47-40-50-51(41-57(47)76-64)69(11,12)31-30-68(50,9)10)52-28-26-49-59-63(52)74(55)53-29-27-48-58(70(13,14)33-32-66(48,5)6)60(53)71(59,15)35-34-67(49,7)8/h16-29,36,38-41,48,55,58,61H,30-35,37H2,1-15H3/t48?,55-,58?,61?,71?/m1/s1. The molecule has 4 aromatic carbocycles. The highest BCUT2D eigenvalue weighted by atomic mass is 32.1. The van der Waals surface area contributed by atoms with E-state index in [-0.39, 0.29) is 56.5 Å². The molecule has 1 aromatic heterocycles. The van der Waals surface area contributed by atoms with Crippen molar-refractivity contribution >= 4 is 61.1 Å². The topological polar surface area (TPSA) is 9.72 Å². The van der Waals surface area contributed by atoms with Crippen LogP contribution in [-0.4, -0.2) is 12.8 Å². The van der Waals surface area contributed by atoms with Crippen molar-refractivity contribution in [2.45, 2.75) is 182 Å². The molecule has 0 radical (unpaired) electrons. The van der Waals surface area contributed by atoms with Crippen molar-refractivity contribution in [1.29, 1.82) is 0 Å². The molecule has 76 heavy (non-hydrogen) atoms. The van der Waals surface area contributed by atoms with Gasteiger partial charge in [-0.2, -0.15) is 0 Å². The SMILES string of the molecule is CC1=C(N2C3=CC(N(c4ccccc4)c4ccccc4)=C[C@@H]4C3B(c3ccc5c6c3N4C3=C(C4C(C=C3)C(C)(C)CCC4(C)C)C6(C)CCC5(C)C)c3sc4cc5c(cc4c32)C(C)(C)CCC5(C)C)CC(C(C)(C)C)=C1. The van der Waals surface area contributed by atoms with E-state index >= 15 is 0 Å². The van der Waals surface area contributed by atoms with Crippen LogP contribution in [0.1, 0.15) is 171 Å². The molecule has 390 valence electrons. The highest BCUT2D eigenvalue weighted by molar-refractivity contribution is 7.32. The van der Waals surface area contributed by atoms with Crippen LogP contribution in [0.2, 0.25) is 5.82 Å². The van der Waals surface area contributed by atoms with Crippen molar-refractivity contribution < 1.29 is 0 Å². The van der Waals surface area contributed by atoms with Crippen molar-refractivity contribution in [3.63, 3.8) is 0 Å². The van der Waals surface area contributed by atoms with Gasteiger partial charge in [-0.05, 0) is 183 Å². The highest BCUT2D eigenvalue weighted by Crippen LogP contribution is 2.68. The molecule has 14 rings (SSSR count). The Hall–Kier alpha value is -5.26. The maximum absolute atomic E-state index is 3.01. The largest absolute Gasteiger partial charge is 0.335 e. The maximum Gasteiger partial charge on any atom is 0.239 e. The Balaban J connectivity index is 1.13. The number of anilines is 4. The van der Waals surface area contributed by atoms with Crippen molar-refractivity contribution in [1.82, 2.24) is 0 Å². The number of allylic oxidation sites excluding steroid dienone is 7. The van der Waals surface area contributed by atoms with Gasteiger partial charge in [0.1, 0.15) is 0 Å². The first kappa shape index (κ1) is 49.1. The van der Waals surface area contributed by atoms with Crippen LogP contribution in [0.25, 0.3) is 10.1 Å². The second-order valence-electron chi connectivity index (χ2n) is 29.8. The fourth-order valence-corrected chi connectivity index (χ4v) is 18.5. The smallest absolute Gasteiger partial charge is 0.239 e. The van der Waals surface area contributed by atoms with Gasteiger partial charge in [0.05, 0.1) is 11.7 Å². The molecule has 0 bridgehead atoms. The molecule has 1 fully saturated rings. The van der Waals surface area contributed by atoms with Crippen LogP contribution in [-0.2, 0) is 21.7 Å². The van der Waals surface area contributed by atoms with Gasteiger partial charge >= 0.3 is 0 Å². The Morgan fingerprint density at radius 2 is 1.29 bits per heavy atom. The normalized spacial score (nSPS) is 28.4. The Morgan fingerprint density at radius 1 is 0.671 bits per heavy atom. The van der Waals surface area contributed by atoms with E-state index in [1.54, 1.807) is 38.1 Å². The minimum Gasteiger partial charge on any atom is -0.335 e. The van der Waals surface area contributed by atoms with E-state index in [2.05, 4.69) is 245 Å². The lowest BCUT2D eigenvalue weighted by Gasteiger charge is -2.63. The Labute approximate surface area is 460 Å². The highest BCUT2D eigenvalue weighted by Gasteiger charge is 2.63. The maximum atomic E-state index is 3.01. The molecular formula is C71H82BN3S. The van der Waals surface area contributed by atoms with E-state index in [1.165, 1.54) is 105 Å². The van der Waals surface area contributed by atoms with Gasteiger partial charge in [0.15, 0.2) is 0 Å². The van der Waals surface area contributed by atoms with Gasteiger partial charge in [-0.3, -0.25) is 0 Å². The molecule has 0 saturated heterocycles. The van der Waals surface area contributed by atoms with Gasteiger partial charge < -0.3 is 14.7 Å². The molecule has 0 spiro atoms. The van der Waals surface area contributed by atoms with Gasteiger partial charge in [0.2, 0.25) is 6.71 Å². The summed E-state index contributed by atoms with van der Waals surface area (Å²) in [6.07, 6.45) is 21.7. The molecule has 5 aromatic rings. The van der Waals surface area contributed by atoms with Gasteiger partial charge in [-0.15, -0.1) is 11.3 Å². The molecule has 3 nitrogen and oxygen atoms in total. The van der Waals surface area contributed by atoms with E-state index in [9.17, 15) is 0 Å². The third-order valence-corrected chi connectivity index (χ3v) is 23.1. The van der Waals surface area contributed by atoms with Crippen LogP contribution in [0.4, 0.5) is 22.7 Å². The molecule has 3 aliphatic heterocycles. The molecular weight excluding hydrogens is 938 g/mol. The van der Waals surface area contributed by atoms with Crippen LogP contribution < -0.4 is 24.9 Å². The number of nitrogens with zero attached hydrogens (tertiary/aromatic N) is 3. The number of hydrogen-bond donors (Lipinski definition) is 0. The zero-order valence-electron chi connectivity index (χ0n) is 48.6. The van der Waals surface area contributed by atoms with E-state index in [1.807, 2.05) is 0 Å². The fraction of sp³-hybridized carbons (Fsp3) is 0.465. The summed E-state index contributed by atoms with van der Waals surface area (Å²) in [4.78, 5) is 8.49. The predicted molar refractivity (Wildman–Crippen MR) is 327 cm³/mol. The van der Waals surface area contributed by atoms with Crippen LogP contribution in [0, 0.1) is 28.1 Å². The summed E-state index contributed by atoms with van der Waals surface area (Å²) < 4.78 is 3.01. The number of benzene rings is 4. The summed E-state index contributed by atoms with van der Waals surface area (Å²) in [5.74, 6) is 1.09. The average molecular weight is 1020 g/mol. The van der Waals surface area contributed by atoms with E-state index in [0.29, 0.717) is 11.8 Å². The molecule has 1 saturated carbocycles. The van der Waals surface area contributed by atoms with Crippen LogP contribution in [0.15, 0.2) is 155 Å². The number of hydrogen-bond acceptors (Lipinski definition) is 4. The summed E-state index contributed by atoms with van der Waals surface area (Å²) in [5.41, 5.74) is 24.2. The lowest BCUT2D eigenvalue weighted by atomic mass is 9.30. The molecule has 0 N–H and O–H groups in total. The van der Waals surface area contributed by atoms with Crippen molar-refractivity contribution in [3.8, 4) is 0 Å². The molecule has 5 heteroatoms. The first-order valence-corrected chi connectivity index (χ1v) is 30.2. The van der Waals surface area contributed by atoms with Crippen LogP contribution in [0.3, 0.4) is 0 Å². The Morgan fingerprint density at radius 3 is 1.93 bits per heavy atom. The first-order chi connectivity index (χ1) is 35.8. The summed E-state index contributed by atoms with van der Waals surface area (Å²) >= 11 is 2.14. The molecule has 5 atom stereocenters. The van der Waals surface area contributed by atoms with Gasteiger partial charge in [0, 0.05) is 72.4 Å². The minimum absolute atomic E-state index is 0.0405. The molecule has 4 heterocycles. The quantitative estimate of drug-likeness (QED) is 0.166. The van der Waals surface area contributed by atoms with Crippen LogP contribution >= 0.6 is 11.3 Å². The van der Waals surface area contributed by atoms with E-state index < -0.39 is 0 Å². The number of fused-ring (bicyclic) bond motifs is 11. The predicted octanol–water partition coefficient (Wildman–Crippen LogP) is 17.8. The zero-order chi connectivity index (χ0) is 53.2. The van der Waals surface area contributed by atoms with E-state index in [0.717, 1.165) is 6.42 Å². The molecule has 9 aliphatic rings. The molecule has 4 unspecified atom stereocenters. The Kier molecular flexibility index (Phi) is 10.2. The molecule has 6 aliphatic carbocycles. The van der Waals surface area contributed by atoms with E-state index in [4.69, 9.17) is 0 Å². The third-order valence-electron chi connectivity index (χ3n) is 21.9. The monoisotopic (exact) mass is 1020 g/mol. The zero-order valence-corrected chi connectivity index (χ0v) is 49.4. The summed E-state index contributed by atoms with van der Waals surface area (Å²) in [6, 6.07) is 33.3. The lowest BCUT2D eigenvalue weighted by molar-refractivity contribution is 0.0166. The minimum atomic E-state index is -0.0893. The van der Waals surface area contributed by atoms with Gasteiger partial charge in [0.25, 0.3) is 0 Å². The average Bonchev–Trinajstić information content (AvgIpc) is 4.04. The third kappa shape index (κ3) is 6.65. The first-order valence-electron chi connectivity index (χ1n) is 29.4. The van der Waals surface area contributed by atoms with Gasteiger partial charge in [-0.1, -0.05) is 163 Å². The van der Waals surface area contributed by atoms with Crippen molar-refractivity contribution in [3.05, 3.63) is 177 Å². The molecule has 0 amide bonds.